The zero-order valence-electron chi connectivity index (χ0n) is 16.0. The summed E-state index contributed by atoms with van der Waals surface area (Å²) in [7, 11) is 1.62. The van der Waals surface area contributed by atoms with Crippen molar-refractivity contribution in [2.24, 2.45) is 4.99 Å². The Balaban J connectivity index is 1.70. The van der Waals surface area contributed by atoms with Crippen molar-refractivity contribution in [2.75, 3.05) is 33.4 Å². The maximum absolute atomic E-state index is 10.3. The summed E-state index contributed by atoms with van der Waals surface area (Å²) in [6, 6.07) is 11.1. The van der Waals surface area contributed by atoms with Gasteiger partial charge in [0.15, 0.2) is 5.96 Å². The summed E-state index contributed by atoms with van der Waals surface area (Å²) >= 11 is 0. The molecular formula is C20H29N3O4. The lowest BCUT2D eigenvalue weighted by Crippen LogP contribution is -2.38. The van der Waals surface area contributed by atoms with Crippen molar-refractivity contribution in [2.45, 2.75) is 26.1 Å². The topological polar surface area (TPSA) is 88.3 Å². The van der Waals surface area contributed by atoms with Crippen molar-refractivity contribution in [3.05, 3.63) is 54.0 Å². The highest BCUT2D eigenvalue weighted by Gasteiger charge is 2.07. The number of hydrogen-bond acceptors (Lipinski definition) is 5. The number of guanidine groups is 1. The first-order chi connectivity index (χ1) is 13.2. The highest BCUT2D eigenvalue weighted by molar-refractivity contribution is 5.79. The molecule has 2 rings (SSSR count). The average Bonchev–Trinajstić information content (AvgIpc) is 3.22. The zero-order chi connectivity index (χ0) is 19.3. The van der Waals surface area contributed by atoms with Crippen LogP contribution in [0.5, 0.6) is 5.75 Å². The van der Waals surface area contributed by atoms with Crippen molar-refractivity contribution >= 4 is 5.96 Å². The highest BCUT2D eigenvalue weighted by Crippen LogP contribution is 2.17. The molecule has 148 valence electrons. The fraction of sp³-hybridized carbons (Fsp3) is 0.450. The van der Waals surface area contributed by atoms with Gasteiger partial charge in [-0.1, -0.05) is 12.1 Å². The van der Waals surface area contributed by atoms with Crippen LogP contribution < -0.4 is 15.4 Å². The lowest BCUT2D eigenvalue weighted by atomic mass is 10.1. The van der Waals surface area contributed by atoms with Crippen molar-refractivity contribution in [3.8, 4) is 5.75 Å². The maximum Gasteiger partial charge on any atom is 0.191 e. The van der Waals surface area contributed by atoms with E-state index in [1.54, 1.807) is 13.4 Å². The molecule has 1 heterocycles. The molecule has 7 nitrogen and oxygen atoms in total. The molecule has 1 aromatic carbocycles. The Kier molecular flexibility index (Phi) is 9.23. The second-order valence-corrected chi connectivity index (χ2v) is 5.92. The Hall–Kier alpha value is -2.51. The number of ether oxygens (including phenoxy) is 2. The van der Waals surface area contributed by atoms with Crippen LogP contribution in [0.4, 0.5) is 0 Å². The molecule has 0 amide bonds. The van der Waals surface area contributed by atoms with Crippen LogP contribution in [0.1, 0.15) is 30.8 Å². The number of aliphatic hydroxyl groups excluding tert-OH is 1. The van der Waals surface area contributed by atoms with Crippen molar-refractivity contribution in [1.29, 1.82) is 0 Å². The molecule has 2 aromatic rings. The van der Waals surface area contributed by atoms with E-state index in [-0.39, 0.29) is 6.54 Å². The Labute approximate surface area is 160 Å². The van der Waals surface area contributed by atoms with E-state index in [0.29, 0.717) is 19.2 Å². The van der Waals surface area contributed by atoms with Gasteiger partial charge in [-0.2, -0.15) is 0 Å². The summed E-state index contributed by atoms with van der Waals surface area (Å²) in [5, 5.41) is 16.7. The van der Waals surface area contributed by atoms with Gasteiger partial charge in [0.25, 0.3) is 0 Å². The van der Waals surface area contributed by atoms with Crippen LogP contribution in [0.25, 0.3) is 0 Å². The molecule has 27 heavy (non-hydrogen) atoms. The van der Waals surface area contributed by atoms with Gasteiger partial charge in [0.05, 0.1) is 26.0 Å². The van der Waals surface area contributed by atoms with Crippen LogP contribution in [-0.2, 0) is 11.3 Å². The number of furan rings is 1. The van der Waals surface area contributed by atoms with E-state index in [2.05, 4.69) is 15.6 Å². The molecular weight excluding hydrogens is 346 g/mol. The van der Waals surface area contributed by atoms with Gasteiger partial charge in [0, 0.05) is 19.7 Å². The summed E-state index contributed by atoms with van der Waals surface area (Å²) in [5.74, 6) is 2.26. The Morgan fingerprint density at radius 3 is 2.70 bits per heavy atom. The molecule has 0 saturated heterocycles. The van der Waals surface area contributed by atoms with E-state index in [0.717, 1.165) is 36.6 Å². The fourth-order valence-electron chi connectivity index (χ4n) is 2.40. The predicted octanol–water partition coefficient (Wildman–Crippen LogP) is 2.48. The molecule has 1 unspecified atom stereocenters. The Morgan fingerprint density at radius 1 is 1.22 bits per heavy atom. The first-order valence-corrected chi connectivity index (χ1v) is 9.17. The Bertz CT molecular complexity index is 656. The largest absolute Gasteiger partial charge is 0.497 e. The quantitative estimate of drug-likeness (QED) is 0.318. The summed E-state index contributed by atoms with van der Waals surface area (Å²) < 4.78 is 15.9. The van der Waals surface area contributed by atoms with Gasteiger partial charge in [-0.05, 0) is 43.2 Å². The van der Waals surface area contributed by atoms with E-state index >= 15 is 0 Å². The number of benzene rings is 1. The minimum Gasteiger partial charge on any atom is -0.497 e. The summed E-state index contributed by atoms with van der Waals surface area (Å²) in [6.45, 7) is 4.86. The molecule has 0 bridgehead atoms. The molecule has 0 spiro atoms. The Morgan fingerprint density at radius 2 is 2.04 bits per heavy atom. The minimum atomic E-state index is -0.664. The van der Waals surface area contributed by atoms with Crippen molar-refractivity contribution in [1.82, 2.24) is 10.6 Å². The lowest BCUT2D eigenvalue weighted by molar-refractivity contribution is 0.105. The number of methoxy groups -OCH3 is 1. The van der Waals surface area contributed by atoms with Crippen molar-refractivity contribution in [3.63, 3.8) is 0 Å². The molecule has 7 heteroatoms. The molecule has 3 N–H and O–H groups in total. The number of nitrogens with one attached hydrogen (secondary N) is 2. The standard InChI is InChI=1S/C20H29N3O4/c1-3-21-20(22-11-5-12-26-15-18-6-4-13-27-18)23-14-19(24)16-7-9-17(25-2)10-8-16/h4,6-10,13,19,24H,3,5,11-12,14-15H2,1-2H3,(H2,21,22,23). The normalized spacial score (nSPS) is 12.6. The monoisotopic (exact) mass is 375 g/mol. The van der Waals surface area contributed by atoms with Crippen LogP contribution in [0, 0.1) is 0 Å². The van der Waals surface area contributed by atoms with Gasteiger partial charge in [-0.3, -0.25) is 4.99 Å². The van der Waals surface area contributed by atoms with Crippen LogP contribution in [0.3, 0.4) is 0 Å². The molecule has 0 aliphatic carbocycles. The van der Waals surface area contributed by atoms with Gasteiger partial charge in [-0.25, -0.2) is 0 Å². The van der Waals surface area contributed by atoms with Gasteiger partial charge in [-0.15, -0.1) is 0 Å². The summed E-state index contributed by atoms with van der Waals surface area (Å²) in [6.07, 6.45) is 1.81. The maximum atomic E-state index is 10.3. The molecule has 0 aliphatic heterocycles. The SMILES string of the molecule is CCNC(=NCC(O)c1ccc(OC)cc1)NCCCOCc1ccco1. The second-order valence-electron chi connectivity index (χ2n) is 5.92. The first kappa shape index (κ1) is 20.8. The molecule has 1 aromatic heterocycles. The summed E-state index contributed by atoms with van der Waals surface area (Å²) in [4.78, 5) is 4.45. The average molecular weight is 375 g/mol. The third kappa shape index (κ3) is 7.72. The van der Waals surface area contributed by atoms with E-state index < -0.39 is 6.10 Å². The van der Waals surface area contributed by atoms with E-state index in [9.17, 15) is 5.11 Å². The van der Waals surface area contributed by atoms with Crippen molar-refractivity contribution < 1.29 is 19.0 Å². The summed E-state index contributed by atoms with van der Waals surface area (Å²) in [5.41, 5.74) is 0.807. The zero-order valence-corrected chi connectivity index (χ0v) is 16.0. The third-order valence-electron chi connectivity index (χ3n) is 3.85. The minimum absolute atomic E-state index is 0.274. The number of nitrogens with zero attached hydrogens (tertiary/aromatic N) is 1. The van der Waals surface area contributed by atoms with Gasteiger partial charge in [0.1, 0.15) is 18.1 Å². The van der Waals surface area contributed by atoms with Gasteiger partial charge >= 0.3 is 0 Å². The fourth-order valence-corrected chi connectivity index (χ4v) is 2.40. The van der Waals surface area contributed by atoms with E-state index in [1.807, 2.05) is 43.3 Å². The van der Waals surface area contributed by atoms with E-state index in [1.165, 1.54) is 0 Å². The lowest BCUT2D eigenvalue weighted by Gasteiger charge is -2.13. The highest BCUT2D eigenvalue weighted by atomic mass is 16.5. The number of hydrogen-bond donors (Lipinski definition) is 3. The van der Waals surface area contributed by atoms with E-state index in [4.69, 9.17) is 13.9 Å². The molecule has 0 aliphatic rings. The molecule has 0 radical (unpaired) electrons. The molecule has 1 atom stereocenters. The third-order valence-corrected chi connectivity index (χ3v) is 3.85. The van der Waals surface area contributed by atoms with Crippen LogP contribution in [-0.4, -0.2) is 44.4 Å². The second kappa shape index (κ2) is 12.0. The number of rotatable bonds is 11. The number of aliphatic hydroxyl groups is 1. The number of aliphatic imine (C=N–C) groups is 1. The molecule has 0 saturated carbocycles. The van der Waals surface area contributed by atoms with Gasteiger partial charge in [0.2, 0.25) is 0 Å². The van der Waals surface area contributed by atoms with Gasteiger partial charge < -0.3 is 29.6 Å². The van der Waals surface area contributed by atoms with Crippen LogP contribution in [0.2, 0.25) is 0 Å². The van der Waals surface area contributed by atoms with Crippen LogP contribution >= 0.6 is 0 Å². The molecule has 0 fully saturated rings. The van der Waals surface area contributed by atoms with Crippen LogP contribution in [0.15, 0.2) is 52.1 Å². The predicted molar refractivity (Wildman–Crippen MR) is 105 cm³/mol. The smallest absolute Gasteiger partial charge is 0.191 e. The first-order valence-electron chi connectivity index (χ1n) is 9.17.